The van der Waals surface area contributed by atoms with E-state index in [-0.39, 0.29) is 33.3 Å². The minimum atomic E-state index is -4.55. The van der Waals surface area contributed by atoms with Crippen molar-refractivity contribution in [3.63, 3.8) is 0 Å². The molecule has 4 aromatic rings. The van der Waals surface area contributed by atoms with Crippen molar-refractivity contribution in [2.75, 3.05) is 5.75 Å². The lowest BCUT2D eigenvalue weighted by molar-refractivity contribution is -0.137. The molecule has 0 unspecified atom stereocenters. The highest BCUT2D eigenvalue weighted by Gasteiger charge is 2.32. The first-order valence-electron chi connectivity index (χ1n) is 8.47. The highest BCUT2D eigenvalue weighted by atomic mass is 79.9. The molecule has 0 amide bonds. The molecular weight excluding hydrogens is 473 g/mol. The summed E-state index contributed by atoms with van der Waals surface area (Å²) in [4.78, 5) is 8.27. The summed E-state index contributed by atoms with van der Waals surface area (Å²) in [6.07, 6.45) is -2.13. The Balaban J connectivity index is 2.09. The molecule has 0 bridgehead atoms. The molecule has 0 atom stereocenters. The first kappa shape index (κ1) is 19.9. The van der Waals surface area contributed by atoms with E-state index in [0.29, 0.717) is 9.99 Å². The van der Waals surface area contributed by atoms with Gasteiger partial charge in [-0.1, -0.05) is 6.92 Å². The van der Waals surface area contributed by atoms with Gasteiger partial charge in [0.15, 0.2) is 21.3 Å². The van der Waals surface area contributed by atoms with E-state index in [4.69, 9.17) is 0 Å². The van der Waals surface area contributed by atoms with Crippen LogP contribution in [0.2, 0.25) is 0 Å². The van der Waals surface area contributed by atoms with Crippen LogP contribution in [0.4, 0.5) is 13.2 Å². The summed E-state index contributed by atoms with van der Waals surface area (Å²) in [7, 11) is -2.05. The van der Waals surface area contributed by atoms with Gasteiger partial charge in [-0.3, -0.25) is 0 Å². The molecule has 0 aliphatic carbocycles. The zero-order valence-electron chi connectivity index (χ0n) is 15.2. The van der Waals surface area contributed by atoms with Crippen LogP contribution in [0.25, 0.3) is 28.2 Å². The second-order valence-electron chi connectivity index (χ2n) is 6.43. The summed E-state index contributed by atoms with van der Waals surface area (Å²) < 4.78 is 68.5. The van der Waals surface area contributed by atoms with E-state index in [1.807, 2.05) is 0 Å². The molecular formula is C18H14BrF3N4O2S. The molecule has 4 aromatic heterocycles. The molecule has 0 saturated carbocycles. The fraction of sp³-hybridized carbons (Fsp3) is 0.222. The molecule has 0 N–H and O–H groups in total. The molecule has 4 rings (SSSR count). The number of hydrogen-bond donors (Lipinski definition) is 0. The molecule has 6 nitrogen and oxygen atoms in total. The second-order valence-corrected chi connectivity index (χ2v) is 9.53. The van der Waals surface area contributed by atoms with Crippen molar-refractivity contribution in [3.05, 3.63) is 46.7 Å². The number of pyridine rings is 2. The summed E-state index contributed by atoms with van der Waals surface area (Å²) in [5, 5.41) is 0. The molecule has 0 saturated heterocycles. The van der Waals surface area contributed by atoms with Gasteiger partial charge in [0.1, 0.15) is 11.2 Å². The monoisotopic (exact) mass is 486 g/mol. The number of rotatable bonds is 3. The highest BCUT2D eigenvalue weighted by molar-refractivity contribution is 9.10. The fourth-order valence-corrected chi connectivity index (χ4v) is 4.74. The van der Waals surface area contributed by atoms with Crippen molar-refractivity contribution in [2.45, 2.75) is 18.0 Å². The van der Waals surface area contributed by atoms with Gasteiger partial charge in [-0.15, -0.1) is 0 Å². The Morgan fingerprint density at radius 2 is 1.97 bits per heavy atom. The molecule has 152 valence electrons. The van der Waals surface area contributed by atoms with Crippen molar-refractivity contribution in [1.29, 1.82) is 0 Å². The van der Waals surface area contributed by atoms with Crippen molar-refractivity contribution >= 4 is 42.4 Å². The maximum Gasteiger partial charge on any atom is 0.417 e. The van der Waals surface area contributed by atoms with Gasteiger partial charge < -0.3 is 8.97 Å². The van der Waals surface area contributed by atoms with E-state index in [9.17, 15) is 21.6 Å². The Bertz CT molecular complexity index is 1370. The summed E-state index contributed by atoms with van der Waals surface area (Å²) in [6, 6.07) is 5.94. The van der Waals surface area contributed by atoms with E-state index in [0.717, 1.165) is 12.3 Å². The van der Waals surface area contributed by atoms with Crippen molar-refractivity contribution in [2.24, 2.45) is 7.05 Å². The van der Waals surface area contributed by atoms with Crippen LogP contribution in [0.15, 0.2) is 46.0 Å². The smallest absolute Gasteiger partial charge is 0.312 e. The molecule has 29 heavy (non-hydrogen) atoms. The molecule has 4 heterocycles. The Kier molecular flexibility index (Phi) is 4.50. The maximum absolute atomic E-state index is 13.1. The molecule has 0 fully saturated rings. The zero-order chi connectivity index (χ0) is 21.1. The van der Waals surface area contributed by atoms with E-state index in [2.05, 4.69) is 25.9 Å². The molecule has 0 aliphatic heterocycles. The Labute approximate surface area is 172 Å². The predicted octanol–water partition coefficient (Wildman–Crippen LogP) is 4.46. The number of nitrogens with zero attached hydrogens (tertiary/aromatic N) is 4. The summed E-state index contributed by atoms with van der Waals surface area (Å²) in [5.74, 6) is 0.0755. The summed E-state index contributed by atoms with van der Waals surface area (Å²) in [5.41, 5.74) is 0.210. The number of alkyl halides is 3. The van der Waals surface area contributed by atoms with Gasteiger partial charge in [-0.2, -0.15) is 13.2 Å². The van der Waals surface area contributed by atoms with Crippen LogP contribution in [0.1, 0.15) is 12.5 Å². The normalized spacial score (nSPS) is 12.9. The number of imidazole rings is 1. The van der Waals surface area contributed by atoms with Gasteiger partial charge in [0.05, 0.1) is 21.7 Å². The number of aryl methyl sites for hydroxylation is 1. The fourth-order valence-electron chi connectivity index (χ4n) is 3.19. The van der Waals surface area contributed by atoms with E-state index in [1.54, 1.807) is 29.8 Å². The van der Waals surface area contributed by atoms with Crippen molar-refractivity contribution < 1.29 is 21.6 Å². The van der Waals surface area contributed by atoms with Crippen LogP contribution in [-0.4, -0.2) is 33.1 Å². The van der Waals surface area contributed by atoms with Crippen LogP contribution in [0, 0.1) is 0 Å². The third-order valence-electron chi connectivity index (χ3n) is 4.69. The average molecular weight is 487 g/mol. The third kappa shape index (κ3) is 3.12. The lowest BCUT2D eigenvalue weighted by Gasteiger charge is -2.07. The Morgan fingerprint density at radius 1 is 1.24 bits per heavy atom. The predicted molar refractivity (Wildman–Crippen MR) is 105 cm³/mol. The van der Waals surface area contributed by atoms with Gasteiger partial charge in [0.25, 0.3) is 0 Å². The van der Waals surface area contributed by atoms with Crippen LogP contribution < -0.4 is 0 Å². The third-order valence-corrected chi connectivity index (χ3v) is 7.10. The van der Waals surface area contributed by atoms with Crippen molar-refractivity contribution in [1.82, 2.24) is 18.9 Å². The number of aromatic nitrogens is 4. The van der Waals surface area contributed by atoms with Crippen LogP contribution >= 0.6 is 15.9 Å². The van der Waals surface area contributed by atoms with E-state index >= 15 is 0 Å². The van der Waals surface area contributed by atoms with E-state index in [1.165, 1.54) is 17.6 Å². The number of fused-ring (bicyclic) bond motifs is 2. The Morgan fingerprint density at radius 3 is 2.62 bits per heavy atom. The van der Waals surface area contributed by atoms with Gasteiger partial charge >= 0.3 is 6.18 Å². The van der Waals surface area contributed by atoms with Gasteiger partial charge in [-0.25, -0.2) is 18.4 Å². The first-order valence-corrected chi connectivity index (χ1v) is 10.9. The highest BCUT2D eigenvalue weighted by Crippen LogP contribution is 2.36. The van der Waals surface area contributed by atoms with Crippen LogP contribution in [-0.2, 0) is 23.1 Å². The minimum Gasteiger partial charge on any atom is -0.312 e. The summed E-state index contributed by atoms with van der Waals surface area (Å²) in [6.45, 7) is 1.53. The Hall–Kier alpha value is -2.40. The molecule has 0 aromatic carbocycles. The van der Waals surface area contributed by atoms with E-state index < -0.39 is 21.6 Å². The average Bonchev–Trinajstić information content (AvgIpc) is 3.20. The second kappa shape index (κ2) is 6.56. The summed E-state index contributed by atoms with van der Waals surface area (Å²) >= 11 is 3.41. The van der Waals surface area contributed by atoms with Gasteiger partial charge in [0, 0.05) is 23.9 Å². The SMILES string of the molecule is CCS(=O)(=O)c1cc2c(Br)cccn2c1-c1nc2cc(C(F)(F)F)cnc2n1C. The molecule has 0 radical (unpaired) electrons. The van der Waals surface area contributed by atoms with Gasteiger partial charge in [0.2, 0.25) is 0 Å². The zero-order valence-corrected chi connectivity index (χ0v) is 17.6. The standard InChI is InChI=1S/C18H14BrF3N4O2S/c1-3-29(27,28)14-8-13-11(19)5-4-6-26(13)15(14)17-24-12-7-10(18(20,21)22)9-23-16(12)25(17)2/h4-9H,3H2,1-2H3. The maximum atomic E-state index is 13.1. The van der Waals surface area contributed by atoms with Crippen molar-refractivity contribution in [3.8, 4) is 11.5 Å². The quantitative estimate of drug-likeness (QED) is 0.428. The largest absolute Gasteiger partial charge is 0.417 e. The molecule has 0 spiro atoms. The number of sulfone groups is 1. The number of halogens is 4. The molecule has 11 heteroatoms. The topological polar surface area (TPSA) is 69.3 Å². The first-order chi connectivity index (χ1) is 13.5. The minimum absolute atomic E-state index is 0.0297. The van der Waals surface area contributed by atoms with Crippen LogP contribution in [0.3, 0.4) is 0 Å². The number of hydrogen-bond acceptors (Lipinski definition) is 4. The molecule has 0 aliphatic rings. The van der Waals surface area contributed by atoms with Gasteiger partial charge in [-0.05, 0) is 40.2 Å². The lowest BCUT2D eigenvalue weighted by Crippen LogP contribution is -2.07. The van der Waals surface area contributed by atoms with Crippen LogP contribution in [0.5, 0.6) is 0 Å². The lowest BCUT2D eigenvalue weighted by atomic mass is 10.2.